The first-order chi connectivity index (χ1) is 24.4. The molecule has 8 nitrogen and oxygen atoms in total. The fraction of sp³-hybridized carbons (Fsp3) is 0.881. The second-order valence-electron chi connectivity index (χ2n) is 14.5. The molecule has 8 heteroatoms. The maximum absolute atomic E-state index is 12.6. The van der Waals surface area contributed by atoms with Gasteiger partial charge in [-0.15, -0.1) is 0 Å². The van der Waals surface area contributed by atoms with Crippen molar-refractivity contribution in [3.8, 4) is 0 Å². The van der Waals surface area contributed by atoms with E-state index >= 15 is 0 Å². The highest BCUT2D eigenvalue weighted by Crippen LogP contribution is 2.14. The molecule has 0 bridgehead atoms. The number of carbonyl (C=O) groups excluding carboxylic acids is 3. The molecule has 0 spiro atoms. The van der Waals surface area contributed by atoms with Gasteiger partial charge in [0.25, 0.3) is 0 Å². The molecular weight excluding hydrogens is 628 g/mol. The average Bonchev–Trinajstić information content (AvgIpc) is 3.09. The molecule has 1 N–H and O–H groups in total. The summed E-state index contributed by atoms with van der Waals surface area (Å²) in [7, 11) is 3.84. The van der Waals surface area contributed by atoms with Crippen molar-refractivity contribution in [1.82, 2.24) is 10.2 Å². The van der Waals surface area contributed by atoms with Crippen LogP contribution >= 0.6 is 0 Å². The summed E-state index contributed by atoms with van der Waals surface area (Å²) in [6.45, 7) is 5.37. The third-order valence-electron chi connectivity index (χ3n) is 9.08. The molecule has 0 heterocycles. The molecule has 0 aliphatic rings. The molecule has 0 aliphatic heterocycles. The summed E-state index contributed by atoms with van der Waals surface area (Å²) in [6.07, 6.45) is 35.7. The van der Waals surface area contributed by atoms with Crippen molar-refractivity contribution in [2.45, 2.75) is 200 Å². The van der Waals surface area contributed by atoms with Crippen LogP contribution in [0.3, 0.4) is 0 Å². The van der Waals surface area contributed by atoms with Crippen molar-refractivity contribution >= 4 is 18.0 Å². The first-order valence-corrected chi connectivity index (χ1v) is 20.9. The van der Waals surface area contributed by atoms with E-state index in [1.807, 2.05) is 19.0 Å². The van der Waals surface area contributed by atoms with E-state index < -0.39 is 12.2 Å². The lowest BCUT2D eigenvalue weighted by Gasteiger charge is -2.18. The molecule has 0 fully saturated rings. The summed E-state index contributed by atoms with van der Waals surface area (Å²) >= 11 is 0. The molecule has 0 aromatic heterocycles. The summed E-state index contributed by atoms with van der Waals surface area (Å²) in [6, 6.07) is 0. The van der Waals surface area contributed by atoms with Crippen molar-refractivity contribution < 1.29 is 28.6 Å². The number of nitrogens with one attached hydrogen (secondary N) is 1. The Bertz CT molecular complexity index is 803. The number of likely N-dealkylation sites (N-methyl/N-ethyl adjacent to an activating group) is 1. The van der Waals surface area contributed by atoms with Crippen LogP contribution in [-0.2, 0) is 23.8 Å². The van der Waals surface area contributed by atoms with Gasteiger partial charge in [0.05, 0.1) is 0 Å². The second-order valence-corrected chi connectivity index (χ2v) is 14.5. The number of alkyl carbamates (subject to hydrolysis) is 1. The maximum atomic E-state index is 12.6. The zero-order valence-corrected chi connectivity index (χ0v) is 33.3. The van der Waals surface area contributed by atoms with E-state index in [1.54, 1.807) is 0 Å². The molecule has 0 rings (SSSR count). The summed E-state index contributed by atoms with van der Waals surface area (Å²) in [5.41, 5.74) is 0. The van der Waals surface area contributed by atoms with Crippen molar-refractivity contribution in [1.29, 1.82) is 0 Å². The minimum absolute atomic E-state index is 0.112. The number of amides is 1. The van der Waals surface area contributed by atoms with Gasteiger partial charge >= 0.3 is 18.0 Å². The highest BCUT2D eigenvalue weighted by atomic mass is 16.6. The predicted molar refractivity (Wildman–Crippen MR) is 209 cm³/mol. The fourth-order valence-corrected chi connectivity index (χ4v) is 5.85. The Morgan fingerprint density at radius 2 is 0.940 bits per heavy atom. The molecule has 1 atom stereocenters. The highest BCUT2D eigenvalue weighted by Gasteiger charge is 2.19. The number of carbonyl (C=O) groups is 3. The molecular formula is C42H80N2O6. The van der Waals surface area contributed by atoms with Gasteiger partial charge in [0.2, 0.25) is 0 Å². The van der Waals surface area contributed by atoms with E-state index in [2.05, 4.69) is 31.3 Å². The third kappa shape index (κ3) is 37.2. The van der Waals surface area contributed by atoms with Crippen LogP contribution in [0.25, 0.3) is 0 Å². The Hall–Kier alpha value is -2.09. The molecule has 0 aliphatic carbocycles. The van der Waals surface area contributed by atoms with Crippen LogP contribution in [0.15, 0.2) is 12.2 Å². The zero-order chi connectivity index (χ0) is 36.8. The second kappa shape index (κ2) is 38.1. The monoisotopic (exact) mass is 709 g/mol. The van der Waals surface area contributed by atoms with Crippen molar-refractivity contribution in [2.24, 2.45) is 0 Å². The SMILES string of the molecule is CCCCCCCCC=CCCCCCCCC(=O)OCC(COC(=O)NCCN(C)C)OC(=O)CCCCCCCCCCCCCCC. The van der Waals surface area contributed by atoms with E-state index in [4.69, 9.17) is 14.2 Å². The molecule has 50 heavy (non-hydrogen) atoms. The number of rotatable bonds is 37. The van der Waals surface area contributed by atoms with Gasteiger partial charge in [-0.3, -0.25) is 9.59 Å². The molecule has 0 aromatic carbocycles. The van der Waals surface area contributed by atoms with Crippen LogP contribution < -0.4 is 5.32 Å². The molecule has 294 valence electrons. The van der Waals surface area contributed by atoms with Gasteiger partial charge in [-0.2, -0.15) is 0 Å². The lowest BCUT2D eigenvalue weighted by molar-refractivity contribution is -0.161. The van der Waals surface area contributed by atoms with E-state index in [9.17, 15) is 14.4 Å². The van der Waals surface area contributed by atoms with Gasteiger partial charge < -0.3 is 24.4 Å². The lowest BCUT2D eigenvalue weighted by atomic mass is 10.0. The largest absolute Gasteiger partial charge is 0.462 e. The average molecular weight is 709 g/mol. The smallest absolute Gasteiger partial charge is 0.407 e. The minimum atomic E-state index is -0.817. The number of unbranched alkanes of at least 4 members (excludes halogenated alkanes) is 23. The summed E-state index contributed by atoms with van der Waals surface area (Å²) in [5, 5.41) is 2.68. The maximum Gasteiger partial charge on any atom is 0.407 e. The normalized spacial score (nSPS) is 12.0. The Labute approximate surface area is 308 Å². The number of allylic oxidation sites excluding steroid dienone is 2. The Kier molecular flexibility index (Phi) is 36.6. The standard InChI is InChI=1S/C42H80N2O6/c1-5-7-9-11-13-15-17-19-20-22-23-25-27-29-31-33-40(45)48-37-39(38-49-42(47)43-35-36-44(3)4)50-41(46)34-32-30-28-26-24-21-18-16-14-12-10-8-6-2/h19-20,39H,5-18,21-38H2,1-4H3,(H,43,47). The molecule has 0 saturated carbocycles. The Balaban J connectivity index is 4.19. The molecule has 0 radical (unpaired) electrons. The van der Waals surface area contributed by atoms with Gasteiger partial charge in [-0.05, 0) is 52.6 Å². The number of hydrogen-bond donors (Lipinski definition) is 1. The van der Waals surface area contributed by atoms with E-state index in [1.165, 1.54) is 122 Å². The van der Waals surface area contributed by atoms with Crippen LogP contribution in [0.4, 0.5) is 4.79 Å². The number of ether oxygens (including phenoxy) is 3. The summed E-state index contributed by atoms with van der Waals surface area (Å²) in [4.78, 5) is 39.1. The predicted octanol–water partition coefficient (Wildman–Crippen LogP) is 11.2. The van der Waals surface area contributed by atoms with Gasteiger partial charge in [-0.25, -0.2) is 4.79 Å². The number of esters is 2. The third-order valence-corrected chi connectivity index (χ3v) is 9.08. The minimum Gasteiger partial charge on any atom is -0.462 e. The van der Waals surface area contributed by atoms with Crippen molar-refractivity contribution in [3.63, 3.8) is 0 Å². The van der Waals surface area contributed by atoms with E-state index in [0.717, 1.165) is 44.9 Å². The van der Waals surface area contributed by atoms with Gasteiger partial charge in [0.1, 0.15) is 13.2 Å². The van der Waals surface area contributed by atoms with Crippen molar-refractivity contribution in [2.75, 3.05) is 40.4 Å². The first-order valence-electron chi connectivity index (χ1n) is 20.9. The first kappa shape index (κ1) is 47.9. The van der Waals surface area contributed by atoms with Gasteiger partial charge in [-0.1, -0.05) is 154 Å². The van der Waals surface area contributed by atoms with Gasteiger partial charge in [0, 0.05) is 25.9 Å². The molecule has 1 unspecified atom stereocenters. The Morgan fingerprint density at radius 3 is 1.40 bits per heavy atom. The van der Waals surface area contributed by atoms with Crippen LogP contribution in [-0.4, -0.2) is 69.4 Å². The Morgan fingerprint density at radius 1 is 0.540 bits per heavy atom. The van der Waals surface area contributed by atoms with Crippen LogP contribution in [0.1, 0.15) is 194 Å². The van der Waals surface area contributed by atoms with Crippen LogP contribution in [0, 0.1) is 0 Å². The fourth-order valence-electron chi connectivity index (χ4n) is 5.85. The number of hydrogen-bond acceptors (Lipinski definition) is 7. The summed E-state index contributed by atoms with van der Waals surface area (Å²) < 4.78 is 16.3. The zero-order valence-electron chi connectivity index (χ0n) is 33.3. The topological polar surface area (TPSA) is 94.2 Å². The van der Waals surface area contributed by atoms with Crippen molar-refractivity contribution in [3.05, 3.63) is 12.2 Å². The highest BCUT2D eigenvalue weighted by molar-refractivity contribution is 5.70. The van der Waals surface area contributed by atoms with Gasteiger partial charge in [0.15, 0.2) is 6.10 Å². The number of nitrogens with zero attached hydrogens (tertiary/aromatic N) is 1. The van der Waals surface area contributed by atoms with E-state index in [-0.39, 0.29) is 25.2 Å². The summed E-state index contributed by atoms with van der Waals surface area (Å²) in [5.74, 6) is -0.654. The van der Waals surface area contributed by atoms with Crippen LogP contribution in [0.2, 0.25) is 0 Å². The molecule has 1 amide bonds. The molecule has 0 aromatic rings. The quantitative estimate of drug-likeness (QED) is 0.0297. The van der Waals surface area contributed by atoms with E-state index in [0.29, 0.717) is 25.9 Å². The molecule has 0 saturated heterocycles. The lowest BCUT2D eigenvalue weighted by Crippen LogP contribution is -2.36. The van der Waals surface area contributed by atoms with Crippen LogP contribution in [0.5, 0.6) is 0 Å².